The van der Waals surface area contributed by atoms with Crippen molar-refractivity contribution in [2.75, 3.05) is 19.3 Å². The Bertz CT molecular complexity index is 1360. The van der Waals surface area contributed by atoms with E-state index >= 15 is 0 Å². The SMILES string of the molecule is CN([C@@H]1C[C@H]1N)S(=O)(=O)c1ccc(-c2cnc(N)c(-c3ccc4c(c3)CCNC4=O)n2)cc1. The fourth-order valence-corrected chi connectivity index (χ4v) is 5.50. The summed E-state index contributed by atoms with van der Waals surface area (Å²) in [4.78, 5) is 21.2. The van der Waals surface area contributed by atoms with Crippen LogP contribution < -0.4 is 16.8 Å². The molecule has 9 nitrogen and oxygen atoms in total. The molecular formula is C23H24N6O3S. The molecule has 0 bridgehead atoms. The van der Waals surface area contributed by atoms with Crippen molar-refractivity contribution in [2.45, 2.75) is 29.8 Å². The summed E-state index contributed by atoms with van der Waals surface area (Å²) < 4.78 is 27.0. The van der Waals surface area contributed by atoms with Crippen molar-refractivity contribution in [1.29, 1.82) is 0 Å². The van der Waals surface area contributed by atoms with Crippen LogP contribution >= 0.6 is 0 Å². The second-order valence-electron chi connectivity index (χ2n) is 8.38. The van der Waals surface area contributed by atoms with Gasteiger partial charge in [0.2, 0.25) is 10.0 Å². The second kappa shape index (κ2) is 7.91. The van der Waals surface area contributed by atoms with Crippen LogP contribution in [0.5, 0.6) is 0 Å². The smallest absolute Gasteiger partial charge is 0.251 e. The zero-order valence-electron chi connectivity index (χ0n) is 18.0. The standard InChI is InChI=1S/C23H24N6O3S/c1-29(20-11-18(20)24)33(31,32)16-5-2-13(3-6-16)19-12-27-22(25)21(28-19)15-4-7-17-14(10-15)8-9-26-23(17)30/h2-7,10,12,18,20H,8-9,11,24H2,1H3,(H2,25,27)(H,26,30)/t18-,20-/m1/s1. The van der Waals surface area contributed by atoms with Gasteiger partial charge in [-0.25, -0.2) is 18.4 Å². The Morgan fingerprint density at radius 2 is 1.82 bits per heavy atom. The molecule has 10 heteroatoms. The van der Waals surface area contributed by atoms with E-state index in [2.05, 4.69) is 10.3 Å². The fraction of sp³-hybridized carbons (Fsp3) is 0.261. The third-order valence-electron chi connectivity index (χ3n) is 6.20. The topological polar surface area (TPSA) is 144 Å². The summed E-state index contributed by atoms with van der Waals surface area (Å²) in [5.41, 5.74) is 16.1. The number of amides is 1. The van der Waals surface area contributed by atoms with Gasteiger partial charge in [-0.05, 0) is 42.7 Å². The number of benzene rings is 2. The number of fused-ring (bicyclic) bond motifs is 1. The molecule has 1 aliphatic heterocycles. The highest BCUT2D eigenvalue weighted by atomic mass is 32.2. The highest BCUT2D eigenvalue weighted by Crippen LogP contribution is 2.31. The van der Waals surface area contributed by atoms with Crippen LogP contribution in [-0.4, -0.2) is 54.3 Å². The monoisotopic (exact) mass is 464 g/mol. The molecule has 33 heavy (non-hydrogen) atoms. The maximum atomic E-state index is 12.8. The van der Waals surface area contributed by atoms with Crippen molar-refractivity contribution < 1.29 is 13.2 Å². The van der Waals surface area contributed by atoms with Crippen LogP contribution in [0.4, 0.5) is 5.82 Å². The molecule has 5 rings (SSSR count). The molecule has 2 aliphatic rings. The summed E-state index contributed by atoms with van der Waals surface area (Å²) >= 11 is 0. The first-order valence-electron chi connectivity index (χ1n) is 10.6. The lowest BCUT2D eigenvalue weighted by Gasteiger charge is -2.18. The quantitative estimate of drug-likeness (QED) is 0.517. The minimum atomic E-state index is -3.61. The van der Waals surface area contributed by atoms with E-state index in [0.29, 0.717) is 35.5 Å². The van der Waals surface area contributed by atoms with Crippen molar-refractivity contribution in [3.8, 4) is 22.5 Å². The summed E-state index contributed by atoms with van der Waals surface area (Å²) in [6, 6.07) is 11.8. The van der Waals surface area contributed by atoms with Gasteiger partial charge in [0.1, 0.15) is 11.5 Å². The summed E-state index contributed by atoms with van der Waals surface area (Å²) in [7, 11) is -2.06. The van der Waals surface area contributed by atoms with Gasteiger partial charge in [-0.15, -0.1) is 0 Å². The molecule has 0 saturated heterocycles. The van der Waals surface area contributed by atoms with Crippen LogP contribution in [0.3, 0.4) is 0 Å². The summed E-state index contributed by atoms with van der Waals surface area (Å²) in [5, 5.41) is 2.83. The van der Waals surface area contributed by atoms with Crippen molar-refractivity contribution in [2.24, 2.45) is 5.73 Å². The first-order chi connectivity index (χ1) is 15.8. The number of nitrogens with one attached hydrogen (secondary N) is 1. The van der Waals surface area contributed by atoms with E-state index in [9.17, 15) is 13.2 Å². The molecule has 1 fully saturated rings. The minimum absolute atomic E-state index is 0.0834. The molecule has 0 spiro atoms. The zero-order chi connectivity index (χ0) is 23.3. The summed E-state index contributed by atoms with van der Waals surface area (Å²) in [6.07, 6.45) is 2.96. The van der Waals surface area contributed by atoms with Crippen molar-refractivity contribution >= 4 is 21.7 Å². The molecule has 170 valence electrons. The molecule has 2 atom stereocenters. The summed E-state index contributed by atoms with van der Waals surface area (Å²) in [6.45, 7) is 0.591. The fourth-order valence-electron chi connectivity index (χ4n) is 4.09. The maximum absolute atomic E-state index is 12.8. The van der Waals surface area contributed by atoms with Gasteiger partial charge in [-0.3, -0.25) is 4.79 Å². The molecule has 2 heterocycles. The highest BCUT2D eigenvalue weighted by molar-refractivity contribution is 7.89. The molecule has 5 N–H and O–H groups in total. The first kappa shape index (κ1) is 21.5. The number of nitrogens with two attached hydrogens (primary N) is 2. The predicted molar refractivity (Wildman–Crippen MR) is 125 cm³/mol. The minimum Gasteiger partial charge on any atom is -0.382 e. The lowest BCUT2D eigenvalue weighted by Crippen LogP contribution is -2.32. The highest BCUT2D eigenvalue weighted by Gasteiger charge is 2.42. The van der Waals surface area contributed by atoms with Crippen LogP contribution in [0.15, 0.2) is 53.6 Å². The number of carbonyl (C=O) groups excluding carboxylic acids is 1. The van der Waals surface area contributed by atoms with E-state index in [1.807, 2.05) is 12.1 Å². The molecule has 0 radical (unpaired) electrons. The van der Waals surface area contributed by atoms with Crippen molar-refractivity contribution in [3.63, 3.8) is 0 Å². The Balaban J connectivity index is 1.45. The number of aromatic nitrogens is 2. The van der Waals surface area contributed by atoms with Crippen LogP contribution in [0.1, 0.15) is 22.3 Å². The number of nitrogens with zero attached hydrogens (tertiary/aromatic N) is 3. The van der Waals surface area contributed by atoms with Gasteiger partial charge in [-0.1, -0.05) is 18.2 Å². The maximum Gasteiger partial charge on any atom is 0.251 e. The second-order valence-corrected chi connectivity index (χ2v) is 10.4. The average Bonchev–Trinajstić information content (AvgIpc) is 3.55. The Kier molecular flexibility index (Phi) is 5.15. The van der Waals surface area contributed by atoms with Gasteiger partial charge in [0.15, 0.2) is 0 Å². The van der Waals surface area contributed by atoms with E-state index in [4.69, 9.17) is 16.5 Å². The van der Waals surface area contributed by atoms with Crippen LogP contribution in [0, 0.1) is 0 Å². The van der Waals surface area contributed by atoms with Gasteiger partial charge < -0.3 is 16.8 Å². The van der Waals surface area contributed by atoms with Gasteiger partial charge >= 0.3 is 0 Å². The van der Waals surface area contributed by atoms with Gasteiger partial charge in [-0.2, -0.15) is 4.31 Å². The lowest BCUT2D eigenvalue weighted by molar-refractivity contribution is 0.0946. The number of sulfonamides is 1. The Morgan fingerprint density at radius 1 is 1.12 bits per heavy atom. The third-order valence-corrected chi connectivity index (χ3v) is 8.10. The number of anilines is 1. The van der Waals surface area contributed by atoms with Gasteiger partial charge in [0, 0.05) is 42.4 Å². The molecule has 1 amide bonds. The number of carbonyl (C=O) groups is 1. The predicted octanol–water partition coefficient (Wildman–Crippen LogP) is 1.40. The zero-order valence-corrected chi connectivity index (χ0v) is 18.8. The van der Waals surface area contributed by atoms with Crippen LogP contribution in [-0.2, 0) is 16.4 Å². The van der Waals surface area contributed by atoms with Crippen LogP contribution in [0.2, 0.25) is 0 Å². The van der Waals surface area contributed by atoms with Crippen LogP contribution in [0.25, 0.3) is 22.5 Å². The lowest BCUT2D eigenvalue weighted by atomic mass is 9.96. The molecule has 0 unspecified atom stereocenters. The number of hydrogen-bond donors (Lipinski definition) is 3. The number of rotatable bonds is 5. The van der Waals surface area contributed by atoms with E-state index in [1.54, 1.807) is 43.6 Å². The average molecular weight is 465 g/mol. The van der Waals surface area contributed by atoms with Crippen molar-refractivity contribution in [1.82, 2.24) is 19.6 Å². The first-order valence-corrected chi connectivity index (χ1v) is 12.1. The largest absolute Gasteiger partial charge is 0.382 e. The molecule has 3 aromatic rings. The van der Waals surface area contributed by atoms with Gasteiger partial charge in [0.05, 0.1) is 16.8 Å². The molecule has 2 aromatic carbocycles. The number of likely N-dealkylation sites (N-methyl/N-ethyl adjacent to an activating group) is 1. The molecule has 1 aromatic heterocycles. The Morgan fingerprint density at radius 3 is 2.52 bits per heavy atom. The number of hydrogen-bond acceptors (Lipinski definition) is 7. The number of nitrogen functional groups attached to an aromatic ring is 1. The Labute approximate surface area is 191 Å². The van der Waals surface area contributed by atoms with Crippen molar-refractivity contribution in [3.05, 3.63) is 59.8 Å². The molecule has 1 aliphatic carbocycles. The van der Waals surface area contributed by atoms with E-state index < -0.39 is 10.0 Å². The van der Waals surface area contributed by atoms with E-state index in [1.165, 1.54) is 4.31 Å². The van der Waals surface area contributed by atoms with E-state index in [0.717, 1.165) is 17.5 Å². The summed E-state index contributed by atoms with van der Waals surface area (Å²) in [5.74, 6) is 0.195. The third kappa shape index (κ3) is 3.86. The molecular weight excluding hydrogens is 440 g/mol. The normalized spacial score (nSPS) is 19.8. The Hall–Kier alpha value is -3.34. The van der Waals surface area contributed by atoms with Gasteiger partial charge in [0.25, 0.3) is 5.91 Å². The van der Waals surface area contributed by atoms with E-state index in [-0.39, 0.29) is 28.7 Å². The molecule has 1 saturated carbocycles.